The summed E-state index contributed by atoms with van der Waals surface area (Å²) < 4.78 is 5.40. The van der Waals surface area contributed by atoms with Crippen molar-refractivity contribution in [3.05, 3.63) is 59.5 Å². The molecule has 2 aromatic rings. The summed E-state index contributed by atoms with van der Waals surface area (Å²) in [6.45, 7) is 4.47. The van der Waals surface area contributed by atoms with Crippen molar-refractivity contribution in [1.29, 1.82) is 0 Å². The number of rotatable bonds is 4. The van der Waals surface area contributed by atoms with E-state index in [1.807, 2.05) is 12.1 Å². The predicted octanol–water partition coefficient (Wildman–Crippen LogP) is 5.28. The third kappa shape index (κ3) is 2.81. The lowest BCUT2D eigenvalue weighted by Crippen LogP contribution is -1.94. The zero-order chi connectivity index (χ0) is 12.3. The molecule has 0 spiro atoms. The van der Waals surface area contributed by atoms with E-state index in [-0.39, 0.29) is 4.83 Å². The molecule has 0 fully saturated rings. The van der Waals surface area contributed by atoms with E-state index in [2.05, 4.69) is 54.0 Å². The minimum absolute atomic E-state index is 0.142. The van der Waals surface area contributed by atoms with Gasteiger partial charge in [0, 0.05) is 0 Å². The molecule has 1 heterocycles. The van der Waals surface area contributed by atoms with Crippen LogP contribution in [-0.2, 0) is 0 Å². The molecule has 2 rings (SSSR count). The molecule has 0 saturated carbocycles. The summed E-state index contributed by atoms with van der Waals surface area (Å²) in [5.74, 6) is 1.57. The van der Waals surface area contributed by atoms with Gasteiger partial charge < -0.3 is 4.42 Å². The van der Waals surface area contributed by atoms with Crippen LogP contribution >= 0.6 is 15.9 Å². The summed E-state index contributed by atoms with van der Waals surface area (Å²) in [4.78, 5) is 0.142. The van der Waals surface area contributed by atoms with Gasteiger partial charge in [0.15, 0.2) is 0 Å². The minimum Gasteiger partial charge on any atom is -0.468 e. The van der Waals surface area contributed by atoms with E-state index in [0.717, 1.165) is 5.76 Å². The van der Waals surface area contributed by atoms with Gasteiger partial charge in [0.05, 0.1) is 11.1 Å². The van der Waals surface area contributed by atoms with Gasteiger partial charge in [0.25, 0.3) is 0 Å². The molecule has 0 aliphatic heterocycles. The van der Waals surface area contributed by atoms with E-state index in [9.17, 15) is 0 Å². The Morgan fingerprint density at radius 2 is 1.76 bits per heavy atom. The zero-order valence-corrected chi connectivity index (χ0v) is 11.8. The first-order valence-corrected chi connectivity index (χ1v) is 6.91. The molecule has 2 unspecified atom stereocenters. The highest BCUT2D eigenvalue weighted by Gasteiger charge is 2.13. The standard InChI is InChI=1S/C15H17BrO/c1-3-11(2)12-6-8-13(9-7-12)15(16)14-5-4-10-17-14/h4-11,15H,3H2,1-2H3. The fourth-order valence-corrected chi connectivity index (χ4v) is 2.39. The van der Waals surface area contributed by atoms with Gasteiger partial charge in [-0.3, -0.25) is 0 Å². The molecule has 0 N–H and O–H groups in total. The molecule has 17 heavy (non-hydrogen) atoms. The van der Waals surface area contributed by atoms with Crippen molar-refractivity contribution in [2.24, 2.45) is 0 Å². The molecule has 0 radical (unpaired) electrons. The maximum Gasteiger partial charge on any atom is 0.121 e. The lowest BCUT2D eigenvalue weighted by molar-refractivity contribution is 0.519. The normalized spacial score (nSPS) is 14.5. The van der Waals surface area contributed by atoms with Crippen LogP contribution in [0.4, 0.5) is 0 Å². The second-order valence-electron chi connectivity index (χ2n) is 4.35. The summed E-state index contributed by atoms with van der Waals surface area (Å²) in [5.41, 5.74) is 2.63. The molecule has 2 heteroatoms. The second kappa shape index (κ2) is 5.54. The van der Waals surface area contributed by atoms with Gasteiger partial charge in [-0.25, -0.2) is 0 Å². The Morgan fingerprint density at radius 3 is 2.29 bits per heavy atom. The Labute approximate surface area is 111 Å². The van der Waals surface area contributed by atoms with Crippen LogP contribution in [0.5, 0.6) is 0 Å². The first kappa shape index (κ1) is 12.4. The minimum atomic E-state index is 0.142. The zero-order valence-electron chi connectivity index (χ0n) is 10.2. The van der Waals surface area contributed by atoms with Crippen molar-refractivity contribution in [3.63, 3.8) is 0 Å². The van der Waals surface area contributed by atoms with Crippen molar-refractivity contribution in [2.45, 2.75) is 31.0 Å². The Balaban J connectivity index is 2.18. The van der Waals surface area contributed by atoms with Crippen LogP contribution in [0.3, 0.4) is 0 Å². The molecule has 90 valence electrons. The van der Waals surface area contributed by atoms with Gasteiger partial charge in [-0.15, -0.1) is 0 Å². The van der Waals surface area contributed by atoms with Crippen molar-refractivity contribution >= 4 is 15.9 Å². The first-order chi connectivity index (χ1) is 8.22. The SMILES string of the molecule is CCC(C)c1ccc(C(Br)c2ccco2)cc1. The van der Waals surface area contributed by atoms with E-state index >= 15 is 0 Å². The third-order valence-corrected chi connectivity index (χ3v) is 4.18. The number of halogens is 1. The van der Waals surface area contributed by atoms with Crippen molar-refractivity contribution in [1.82, 2.24) is 0 Å². The molecule has 0 aliphatic rings. The third-order valence-electron chi connectivity index (χ3n) is 3.20. The summed E-state index contributed by atoms with van der Waals surface area (Å²) in [5, 5.41) is 0. The Hall–Kier alpha value is -1.02. The van der Waals surface area contributed by atoms with Crippen LogP contribution in [0.2, 0.25) is 0 Å². The Kier molecular flexibility index (Phi) is 4.06. The maximum absolute atomic E-state index is 5.40. The van der Waals surface area contributed by atoms with Crippen LogP contribution in [-0.4, -0.2) is 0 Å². The molecule has 1 aromatic heterocycles. The first-order valence-electron chi connectivity index (χ1n) is 5.99. The Morgan fingerprint density at radius 1 is 1.12 bits per heavy atom. The van der Waals surface area contributed by atoms with Gasteiger partial charge >= 0.3 is 0 Å². The molecular weight excluding hydrogens is 276 g/mol. The van der Waals surface area contributed by atoms with Crippen LogP contribution in [0.1, 0.15) is 47.9 Å². The monoisotopic (exact) mass is 292 g/mol. The molecule has 1 aromatic carbocycles. The molecule has 2 atom stereocenters. The van der Waals surface area contributed by atoms with E-state index in [0.29, 0.717) is 5.92 Å². The molecular formula is C15H17BrO. The molecule has 0 amide bonds. The van der Waals surface area contributed by atoms with Crippen LogP contribution in [0, 0.1) is 0 Å². The van der Waals surface area contributed by atoms with Gasteiger partial charge in [-0.1, -0.05) is 54.0 Å². The van der Waals surface area contributed by atoms with E-state index in [4.69, 9.17) is 4.42 Å². The maximum atomic E-state index is 5.40. The highest BCUT2D eigenvalue weighted by Crippen LogP contribution is 2.31. The number of furan rings is 1. The molecule has 1 nitrogen and oxygen atoms in total. The van der Waals surface area contributed by atoms with Crippen molar-refractivity contribution < 1.29 is 4.42 Å². The lowest BCUT2D eigenvalue weighted by atomic mass is 9.97. The number of hydrogen-bond acceptors (Lipinski definition) is 1. The fraction of sp³-hybridized carbons (Fsp3) is 0.333. The van der Waals surface area contributed by atoms with Crippen molar-refractivity contribution in [3.8, 4) is 0 Å². The summed E-state index contributed by atoms with van der Waals surface area (Å²) >= 11 is 3.66. The van der Waals surface area contributed by atoms with Crippen LogP contribution < -0.4 is 0 Å². The summed E-state index contributed by atoms with van der Waals surface area (Å²) in [6.07, 6.45) is 2.88. The number of alkyl halides is 1. The van der Waals surface area contributed by atoms with Crippen LogP contribution in [0.15, 0.2) is 47.1 Å². The largest absolute Gasteiger partial charge is 0.468 e. The second-order valence-corrected chi connectivity index (χ2v) is 5.27. The van der Waals surface area contributed by atoms with E-state index in [1.165, 1.54) is 17.5 Å². The van der Waals surface area contributed by atoms with E-state index in [1.54, 1.807) is 6.26 Å². The van der Waals surface area contributed by atoms with Gasteiger partial charge in [-0.2, -0.15) is 0 Å². The highest BCUT2D eigenvalue weighted by molar-refractivity contribution is 9.09. The summed E-state index contributed by atoms with van der Waals surface area (Å²) in [7, 11) is 0. The van der Waals surface area contributed by atoms with Gasteiger partial charge in [0.1, 0.15) is 5.76 Å². The lowest BCUT2D eigenvalue weighted by Gasteiger charge is -2.11. The number of benzene rings is 1. The molecule has 0 saturated heterocycles. The smallest absolute Gasteiger partial charge is 0.121 e. The van der Waals surface area contributed by atoms with Gasteiger partial charge in [-0.05, 0) is 35.6 Å². The average molecular weight is 293 g/mol. The predicted molar refractivity (Wildman–Crippen MR) is 74.6 cm³/mol. The van der Waals surface area contributed by atoms with Crippen LogP contribution in [0.25, 0.3) is 0 Å². The molecule has 0 aliphatic carbocycles. The fourth-order valence-electron chi connectivity index (χ4n) is 1.83. The number of hydrogen-bond donors (Lipinski definition) is 0. The topological polar surface area (TPSA) is 13.1 Å². The Bertz CT molecular complexity index is 444. The summed E-state index contributed by atoms with van der Waals surface area (Å²) in [6, 6.07) is 12.7. The molecule has 0 bridgehead atoms. The quantitative estimate of drug-likeness (QED) is 0.699. The van der Waals surface area contributed by atoms with Gasteiger partial charge in [0.2, 0.25) is 0 Å². The average Bonchev–Trinajstić information content (AvgIpc) is 2.91. The highest BCUT2D eigenvalue weighted by atomic mass is 79.9. The van der Waals surface area contributed by atoms with E-state index < -0.39 is 0 Å². The van der Waals surface area contributed by atoms with Crippen molar-refractivity contribution in [2.75, 3.05) is 0 Å².